The first-order valence-electron chi connectivity index (χ1n) is 2.49. The molecule has 11 heavy (non-hydrogen) atoms. The summed E-state index contributed by atoms with van der Waals surface area (Å²) in [5.41, 5.74) is 0. The monoisotopic (exact) mass is 258 g/mol. The molecule has 0 aliphatic carbocycles. The van der Waals surface area contributed by atoms with Gasteiger partial charge in [-0.15, -0.1) is 23.2 Å². The molecule has 0 saturated heterocycles. The summed E-state index contributed by atoms with van der Waals surface area (Å²) in [5, 5.41) is 0. The molecular weight excluding hydrogens is 254 g/mol. The minimum Gasteiger partial charge on any atom is -0.229 e. The van der Waals surface area contributed by atoms with E-state index >= 15 is 0 Å². The van der Waals surface area contributed by atoms with Crippen LogP contribution in [0.1, 0.15) is 0 Å². The van der Waals surface area contributed by atoms with Crippen molar-refractivity contribution in [3.05, 3.63) is 0 Å². The van der Waals surface area contributed by atoms with Crippen LogP contribution in [0.15, 0.2) is 0 Å². The lowest BCUT2D eigenvalue weighted by Gasteiger charge is -2.18. The molecule has 0 amide bonds. The smallest absolute Gasteiger partial charge is 0.162 e. The average Bonchev–Trinajstić information content (AvgIpc) is 1.56. The van der Waals surface area contributed by atoms with E-state index < -0.39 is 24.8 Å². The fourth-order valence-corrected chi connectivity index (χ4v) is 2.80. The van der Waals surface area contributed by atoms with Crippen LogP contribution in [0.3, 0.4) is 0 Å². The first kappa shape index (κ1) is 12.1. The lowest BCUT2D eigenvalue weighted by Crippen LogP contribution is -2.31. The zero-order valence-corrected chi connectivity index (χ0v) is 9.36. The maximum absolute atomic E-state index is 10.7. The van der Waals surface area contributed by atoms with Crippen LogP contribution in [0, 0.1) is 0 Å². The van der Waals surface area contributed by atoms with Crippen LogP contribution in [-0.2, 0) is 9.84 Å². The molecule has 0 rings (SSSR count). The second kappa shape index (κ2) is 3.88. The van der Waals surface area contributed by atoms with E-state index in [1.807, 2.05) is 0 Å². The highest BCUT2D eigenvalue weighted by Crippen LogP contribution is 2.33. The van der Waals surface area contributed by atoms with Gasteiger partial charge in [0.15, 0.2) is 14.2 Å². The van der Waals surface area contributed by atoms with Crippen molar-refractivity contribution in [2.24, 2.45) is 0 Å². The van der Waals surface area contributed by atoms with Crippen molar-refractivity contribution in [3.8, 4) is 0 Å². The largest absolute Gasteiger partial charge is 0.229 e. The molecule has 0 fully saturated rings. The second-order valence-corrected chi connectivity index (χ2v) is 6.91. The summed E-state index contributed by atoms with van der Waals surface area (Å²) in [4.78, 5) is -1.12. The van der Waals surface area contributed by atoms with Crippen LogP contribution >= 0.6 is 46.4 Å². The Morgan fingerprint density at radius 2 is 1.73 bits per heavy atom. The standard InChI is InChI=1S/C4H6Cl4O2S/c1-11(9,10)2-4(7,8)3(5)6/h3H,2H2,1H3. The lowest BCUT2D eigenvalue weighted by atomic mass is 10.5. The Labute approximate surface area is 85.7 Å². The SMILES string of the molecule is CS(=O)(=O)CC(Cl)(Cl)C(Cl)Cl. The van der Waals surface area contributed by atoms with Crippen LogP contribution in [0.4, 0.5) is 0 Å². The fraction of sp³-hybridized carbons (Fsp3) is 1.00. The molecule has 7 heteroatoms. The molecule has 2 nitrogen and oxygen atoms in total. The molecule has 0 aliphatic heterocycles. The zero-order valence-electron chi connectivity index (χ0n) is 5.52. The highest BCUT2D eigenvalue weighted by atomic mass is 35.5. The Hall–Kier alpha value is 1.11. The van der Waals surface area contributed by atoms with Crippen molar-refractivity contribution < 1.29 is 8.42 Å². The Morgan fingerprint density at radius 1 is 1.36 bits per heavy atom. The molecule has 0 saturated carbocycles. The van der Waals surface area contributed by atoms with Gasteiger partial charge in [0.05, 0.1) is 5.75 Å². The van der Waals surface area contributed by atoms with Crippen molar-refractivity contribution in [1.82, 2.24) is 0 Å². The Morgan fingerprint density at radius 3 is 1.82 bits per heavy atom. The molecular formula is C4H6Cl4O2S. The number of rotatable bonds is 3. The van der Waals surface area contributed by atoms with Crippen LogP contribution in [0.2, 0.25) is 0 Å². The van der Waals surface area contributed by atoms with Crippen molar-refractivity contribution in [3.63, 3.8) is 0 Å². The lowest BCUT2D eigenvalue weighted by molar-refractivity contribution is 0.598. The third-order valence-electron chi connectivity index (χ3n) is 0.774. The van der Waals surface area contributed by atoms with Gasteiger partial charge in [-0.1, -0.05) is 23.2 Å². The number of hydrogen-bond acceptors (Lipinski definition) is 2. The summed E-state index contributed by atoms with van der Waals surface area (Å²) in [6.45, 7) is 0. The van der Waals surface area contributed by atoms with Gasteiger partial charge >= 0.3 is 0 Å². The minimum atomic E-state index is -3.26. The van der Waals surface area contributed by atoms with E-state index in [9.17, 15) is 8.42 Å². The molecule has 0 aliphatic rings. The third-order valence-corrected chi connectivity index (χ3v) is 3.97. The molecule has 68 valence electrons. The normalized spacial score (nSPS) is 14.0. The number of sulfone groups is 1. The van der Waals surface area contributed by atoms with Crippen LogP contribution < -0.4 is 0 Å². The molecule has 0 atom stereocenters. The molecule has 0 aromatic carbocycles. The second-order valence-electron chi connectivity index (χ2n) is 2.13. The van der Waals surface area contributed by atoms with E-state index in [0.717, 1.165) is 6.26 Å². The Balaban J connectivity index is 4.38. The predicted octanol–water partition coefficient (Wildman–Crippen LogP) is 2.01. The highest BCUT2D eigenvalue weighted by molar-refractivity contribution is 7.90. The summed E-state index contributed by atoms with van der Waals surface area (Å²) in [5.74, 6) is -0.458. The number of hydrogen-bond donors (Lipinski definition) is 0. The van der Waals surface area contributed by atoms with E-state index in [4.69, 9.17) is 46.4 Å². The van der Waals surface area contributed by atoms with E-state index in [2.05, 4.69) is 0 Å². The van der Waals surface area contributed by atoms with Crippen molar-refractivity contribution >= 4 is 56.2 Å². The van der Waals surface area contributed by atoms with E-state index in [-0.39, 0.29) is 0 Å². The Bertz CT molecular complexity index is 220. The molecule has 0 radical (unpaired) electrons. The molecule has 0 aromatic heterocycles. The van der Waals surface area contributed by atoms with Gasteiger partial charge < -0.3 is 0 Å². The summed E-state index contributed by atoms with van der Waals surface area (Å²) in [7, 11) is -3.26. The van der Waals surface area contributed by atoms with Gasteiger partial charge in [0.25, 0.3) is 0 Å². The summed E-state index contributed by atoms with van der Waals surface area (Å²) < 4.78 is 19.7. The average molecular weight is 260 g/mol. The van der Waals surface area contributed by atoms with Gasteiger partial charge in [0.2, 0.25) is 0 Å². The fourth-order valence-electron chi connectivity index (χ4n) is 0.413. The topological polar surface area (TPSA) is 34.1 Å². The summed E-state index contributed by atoms with van der Waals surface area (Å²) in [6.07, 6.45) is 1.00. The van der Waals surface area contributed by atoms with E-state index in [1.165, 1.54) is 0 Å². The third kappa shape index (κ3) is 5.36. The maximum atomic E-state index is 10.7. The quantitative estimate of drug-likeness (QED) is 0.727. The first-order chi connectivity index (χ1) is 4.65. The zero-order chi connectivity index (χ0) is 9.28. The van der Waals surface area contributed by atoms with Crippen LogP contribution in [-0.4, -0.2) is 29.6 Å². The van der Waals surface area contributed by atoms with Gasteiger partial charge in [-0.3, -0.25) is 0 Å². The number of alkyl halides is 4. The molecule has 0 N–H and O–H groups in total. The van der Waals surface area contributed by atoms with Crippen molar-refractivity contribution in [2.75, 3.05) is 12.0 Å². The van der Waals surface area contributed by atoms with Gasteiger partial charge in [-0.2, -0.15) is 0 Å². The van der Waals surface area contributed by atoms with Crippen LogP contribution in [0.5, 0.6) is 0 Å². The minimum absolute atomic E-state index is 0.458. The van der Waals surface area contributed by atoms with E-state index in [1.54, 1.807) is 0 Å². The number of halogens is 4. The van der Waals surface area contributed by atoms with Crippen molar-refractivity contribution in [1.29, 1.82) is 0 Å². The molecule has 0 aromatic rings. The van der Waals surface area contributed by atoms with E-state index in [0.29, 0.717) is 0 Å². The maximum Gasteiger partial charge on any atom is 0.162 e. The predicted molar refractivity (Wildman–Crippen MR) is 49.6 cm³/mol. The molecule has 0 unspecified atom stereocenters. The highest BCUT2D eigenvalue weighted by Gasteiger charge is 2.35. The van der Waals surface area contributed by atoms with Gasteiger partial charge in [0, 0.05) is 6.26 Å². The Kier molecular flexibility index (Phi) is 4.27. The van der Waals surface area contributed by atoms with Gasteiger partial charge in [0.1, 0.15) is 4.84 Å². The molecule has 0 bridgehead atoms. The van der Waals surface area contributed by atoms with Gasteiger partial charge in [-0.05, 0) is 0 Å². The molecule has 0 spiro atoms. The van der Waals surface area contributed by atoms with Crippen molar-refractivity contribution in [2.45, 2.75) is 9.17 Å². The summed E-state index contributed by atoms with van der Waals surface area (Å²) in [6, 6.07) is 0. The van der Waals surface area contributed by atoms with Gasteiger partial charge in [-0.25, -0.2) is 8.42 Å². The molecule has 0 heterocycles. The van der Waals surface area contributed by atoms with Crippen LogP contribution in [0.25, 0.3) is 0 Å². The summed E-state index contributed by atoms with van der Waals surface area (Å²) >= 11 is 21.6. The first-order valence-corrected chi connectivity index (χ1v) is 6.18.